The predicted molar refractivity (Wildman–Crippen MR) is 156 cm³/mol. The van der Waals surface area contributed by atoms with Crippen LogP contribution in [-0.2, 0) is 16.0 Å². The fourth-order valence-corrected chi connectivity index (χ4v) is 7.64. The molecule has 4 aromatic rings. The number of hydrogen-bond acceptors (Lipinski definition) is 8. The molecule has 5 heterocycles. The molecule has 3 fully saturated rings. The summed E-state index contributed by atoms with van der Waals surface area (Å²) in [6.07, 6.45) is 5.60. The monoisotopic (exact) mass is 570 g/mol. The summed E-state index contributed by atoms with van der Waals surface area (Å²) in [5.41, 5.74) is 5.54. The van der Waals surface area contributed by atoms with E-state index in [-0.39, 0.29) is 23.1 Å². The summed E-state index contributed by atoms with van der Waals surface area (Å²) in [4.78, 5) is 22.5. The second kappa shape index (κ2) is 9.93. The number of carbonyl (C=O) groups is 1. The molecule has 41 heavy (non-hydrogen) atoms. The average Bonchev–Trinajstić information content (AvgIpc) is 3.70. The Hall–Kier alpha value is -3.81. The number of ketones is 1. The highest BCUT2D eigenvalue weighted by Gasteiger charge is 2.55. The number of thiazole rings is 1. The molecule has 0 N–H and O–H groups in total. The fraction of sp³-hybridized carbons (Fsp3) is 0.419. The van der Waals surface area contributed by atoms with Crippen molar-refractivity contribution in [2.24, 2.45) is 17.3 Å². The van der Waals surface area contributed by atoms with E-state index in [1.54, 1.807) is 12.1 Å². The van der Waals surface area contributed by atoms with Crippen molar-refractivity contribution in [1.82, 2.24) is 14.6 Å². The number of fused-ring (bicyclic) bond motifs is 1. The summed E-state index contributed by atoms with van der Waals surface area (Å²) in [6, 6.07) is 12.6. The number of Topliss-reactive ketones (excluding diaryl/α,β-unsaturated/α-hetero) is 1. The van der Waals surface area contributed by atoms with Gasteiger partial charge in [-0.1, -0.05) is 18.3 Å². The number of anilines is 3. The Balaban J connectivity index is 1.13. The number of aryl methyl sites for hydroxylation is 1. The maximum absolute atomic E-state index is 13.5. The fourth-order valence-electron chi connectivity index (χ4n) is 6.78. The van der Waals surface area contributed by atoms with Gasteiger partial charge in [-0.15, -0.1) is 0 Å². The van der Waals surface area contributed by atoms with E-state index < -0.39 is 0 Å². The van der Waals surface area contributed by atoms with E-state index in [1.165, 1.54) is 23.5 Å². The van der Waals surface area contributed by atoms with Gasteiger partial charge >= 0.3 is 0 Å². The van der Waals surface area contributed by atoms with Gasteiger partial charge in [0.1, 0.15) is 28.2 Å². The van der Waals surface area contributed by atoms with Gasteiger partial charge in [0.25, 0.3) is 0 Å². The van der Waals surface area contributed by atoms with Crippen LogP contribution in [0.1, 0.15) is 36.8 Å². The average molecular weight is 571 g/mol. The third kappa shape index (κ3) is 4.39. The predicted octanol–water partition coefficient (Wildman–Crippen LogP) is 5.62. The molecular weight excluding hydrogens is 539 g/mol. The van der Waals surface area contributed by atoms with Gasteiger partial charge in [-0.3, -0.25) is 4.79 Å². The first kappa shape index (κ1) is 26.1. The highest BCUT2D eigenvalue weighted by Crippen LogP contribution is 2.54. The SMILES string of the molecule is CCc1nn2ccc(N3CC4(CC(C(=O)[C@@H]5CCOC5)C4)C3)cc2c1N(C)c1nc(-c2ccc(F)cc2)c(C#N)s1. The normalized spacial score (nSPS) is 19.8. The standard InChI is InChI=1S/C31H31FN6O2S/c1-3-24-28(36(2)30-34-27(26(15-33)41-30)19-4-6-22(32)7-5-19)25-12-23(8-10-38(25)35-24)37-17-31(18-37)13-21(14-31)29(39)20-9-11-40-16-20/h4-8,10,12,20-21H,3,9,11,13-14,16-18H2,1-2H3/t20-/m1/s1. The summed E-state index contributed by atoms with van der Waals surface area (Å²) in [5.74, 6) is 0.392. The molecule has 1 spiro atoms. The molecule has 10 heteroatoms. The van der Waals surface area contributed by atoms with Crippen molar-refractivity contribution in [2.45, 2.75) is 32.6 Å². The molecule has 0 bridgehead atoms. The van der Waals surface area contributed by atoms with Crippen molar-refractivity contribution in [3.8, 4) is 17.3 Å². The number of carbonyl (C=O) groups excluding carboxylic acids is 1. The van der Waals surface area contributed by atoms with Gasteiger partial charge in [0.2, 0.25) is 0 Å². The molecule has 0 radical (unpaired) electrons. The smallest absolute Gasteiger partial charge is 0.191 e. The molecule has 0 unspecified atom stereocenters. The Kier molecular flexibility index (Phi) is 6.32. The molecule has 3 aliphatic rings. The zero-order valence-corrected chi connectivity index (χ0v) is 24.0. The van der Waals surface area contributed by atoms with Gasteiger partial charge in [0.15, 0.2) is 5.13 Å². The first-order valence-electron chi connectivity index (χ1n) is 14.2. The van der Waals surface area contributed by atoms with E-state index in [9.17, 15) is 14.4 Å². The van der Waals surface area contributed by atoms with Gasteiger partial charge in [0, 0.05) is 61.4 Å². The Morgan fingerprint density at radius 1 is 1.24 bits per heavy atom. The third-order valence-electron chi connectivity index (χ3n) is 8.97. The number of aromatic nitrogens is 3. The zero-order chi connectivity index (χ0) is 28.3. The van der Waals surface area contributed by atoms with Crippen LogP contribution in [0.25, 0.3) is 16.8 Å². The lowest BCUT2D eigenvalue weighted by molar-refractivity contribution is -0.135. The molecule has 2 aliphatic heterocycles. The van der Waals surface area contributed by atoms with Crippen LogP contribution >= 0.6 is 11.3 Å². The van der Waals surface area contributed by atoms with Crippen LogP contribution in [0.15, 0.2) is 42.6 Å². The Morgan fingerprint density at radius 3 is 2.71 bits per heavy atom. The van der Waals surface area contributed by atoms with Crippen LogP contribution in [0.4, 0.5) is 20.9 Å². The summed E-state index contributed by atoms with van der Waals surface area (Å²) in [6.45, 7) is 5.33. The number of rotatable bonds is 7. The van der Waals surface area contributed by atoms with Crippen molar-refractivity contribution < 1.29 is 13.9 Å². The summed E-state index contributed by atoms with van der Waals surface area (Å²) >= 11 is 1.32. The first-order chi connectivity index (χ1) is 19.9. The van der Waals surface area contributed by atoms with E-state index in [0.717, 1.165) is 61.4 Å². The molecule has 2 saturated heterocycles. The molecular formula is C31H31FN6O2S. The van der Waals surface area contributed by atoms with Crippen molar-refractivity contribution in [1.29, 1.82) is 5.26 Å². The molecule has 1 saturated carbocycles. The Bertz CT molecular complexity index is 1670. The second-order valence-electron chi connectivity index (χ2n) is 11.6. The summed E-state index contributed by atoms with van der Waals surface area (Å²) in [5, 5.41) is 15.3. The maximum Gasteiger partial charge on any atom is 0.191 e. The topological polar surface area (TPSA) is 86.8 Å². The number of hydrogen-bond donors (Lipinski definition) is 0. The number of pyridine rings is 1. The Labute approximate surface area is 242 Å². The molecule has 1 aliphatic carbocycles. The molecule has 0 amide bonds. The van der Waals surface area contributed by atoms with Crippen LogP contribution < -0.4 is 9.80 Å². The van der Waals surface area contributed by atoms with Crippen molar-refractivity contribution in [3.05, 3.63) is 59.0 Å². The minimum atomic E-state index is -0.326. The highest BCUT2D eigenvalue weighted by atomic mass is 32.1. The van der Waals surface area contributed by atoms with Gasteiger partial charge < -0.3 is 14.5 Å². The van der Waals surface area contributed by atoms with E-state index in [0.29, 0.717) is 40.3 Å². The largest absolute Gasteiger partial charge is 0.381 e. The lowest BCUT2D eigenvalue weighted by Crippen LogP contribution is -2.63. The number of halogens is 1. The lowest BCUT2D eigenvalue weighted by atomic mass is 9.55. The number of nitriles is 1. The number of nitrogens with zero attached hydrogens (tertiary/aromatic N) is 6. The Morgan fingerprint density at radius 2 is 2.02 bits per heavy atom. The van der Waals surface area contributed by atoms with E-state index in [2.05, 4.69) is 30.0 Å². The number of ether oxygens (including phenoxy) is 1. The van der Waals surface area contributed by atoms with Crippen LogP contribution in [0, 0.1) is 34.4 Å². The van der Waals surface area contributed by atoms with Crippen LogP contribution in [0.5, 0.6) is 0 Å². The molecule has 7 rings (SSSR count). The molecule has 210 valence electrons. The van der Waals surface area contributed by atoms with Crippen LogP contribution in [-0.4, -0.2) is 53.7 Å². The van der Waals surface area contributed by atoms with E-state index in [4.69, 9.17) is 14.8 Å². The second-order valence-corrected chi connectivity index (χ2v) is 12.6. The molecule has 1 aromatic carbocycles. The lowest BCUT2D eigenvalue weighted by Gasteiger charge is -2.59. The maximum atomic E-state index is 13.5. The van der Waals surface area contributed by atoms with Gasteiger partial charge in [-0.25, -0.2) is 13.9 Å². The molecule has 3 aromatic heterocycles. The van der Waals surface area contributed by atoms with Crippen molar-refractivity contribution in [3.63, 3.8) is 0 Å². The van der Waals surface area contributed by atoms with E-state index in [1.807, 2.05) is 22.7 Å². The van der Waals surface area contributed by atoms with Crippen molar-refractivity contribution >= 4 is 39.1 Å². The third-order valence-corrected chi connectivity index (χ3v) is 10.0. The minimum absolute atomic E-state index is 0.106. The highest BCUT2D eigenvalue weighted by molar-refractivity contribution is 7.16. The molecule has 1 atom stereocenters. The zero-order valence-electron chi connectivity index (χ0n) is 23.1. The van der Waals surface area contributed by atoms with Crippen LogP contribution in [0.3, 0.4) is 0 Å². The minimum Gasteiger partial charge on any atom is -0.381 e. The van der Waals surface area contributed by atoms with E-state index >= 15 is 0 Å². The van der Waals surface area contributed by atoms with Crippen molar-refractivity contribution in [2.75, 3.05) is 43.2 Å². The first-order valence-corrected chi connectivity index (χ1v) is 15.0. The summed E-state index contributed by atoms with van der Waals surface area (Å²) < 4.78 is 20.8. The summed E-state index contributed by atoms with van der Waals surface area (Å²) in [7, 11) is 1.96. The van der Waals surface area contributed by atoms with Gasteiger partial charge in [0.05, 0.1) is 23.5 Å². The quantitative estimate of drug-likeness (QED) is 0.285. The van der Waals surface area contributed by atoms with Gasteiger partial charge in [-0.2, -0.15) is 10.4 Å². The van der Waals surface area contributed by atoms with Crippen LogP contribution in [0.2, 0.25) is 0 Å². The number of benzene rings is 1. The van der Waals surface area contributed by atoms with Gasteiger partial charge in [-0.05, 0) is 62.1 Å². The molecule has 8 nitrogen and oxygen atoms in total.